The quantitative estimate of drug-likeness (QED) is 0.817. The highest BCUT2D eigenvalue weighted by Gasteiger charge is 2.11. The van der Waals surface area contributed by atoms with Gasteiger partial charge in [-0.05, 0) is 44.8 Å². The number of aromatic amines is 1. The molecule has 88 valence electrons. The molecule has 0 amide bonds. The summed E-state index contributed by atoms with van der Waals surface area (Å²) in [7, 11) is 0. The van der Waals surface area contributed by atoms with Gasteiger partial charge in [0.1, 0.15) is 11.5 Å². The first kappa shape index (κ1) is 12.3. The molecule has 0 fully saturated rings. The summed E-state index contributed by atoms with van der Waals surface area (Å²) in [4.78, 5) is 22.5. The molecular weight excluding hydrogens is 352 g/mol. The number of halogens is 2. The van der Waals surface area contributed by atoms with Crippen molar-refractivity contribution in [3.63, 3.8) is 0 Å². The smallest absolute Gasteiger partial charge is 0.256 e. The highest BCUT2D eigenvalue weighted by atomic mass is 79.9. The van der Waals surface area contributed by atoms with E-state index >= 15 is 0 Å². The van der Waals surface area contributed by atoms with Crippen LogP contribution < -0.4 is 11.3 Å². The molecule has 0 bridgehead atoms. The van der Waals surface area contributed by atoms with Crippen LogP contribution in [0.3, 0.4) is 0 Å². The predicted octanol–water partition coefficient (Wildman–Crippen LogP) is 2.25. The van der Waals surface area contributed by atoms with E-state index in [4.69, 9.17) is 5.73 Å². The number of hydrogen-bond donors (Lipinski definition) is 2. The van der Waals surface area contributed by atoms with E-state index in [0.717, 1.165) is 8.95 Å². The minimum Gasteiger partial charge on any atom is -0.383 e. The van der Waals surface area contributed by atoms with E-state index in [-0.39, 0.29) is 11.4 Å². The maximum atomic E-state index is 11.6. The molecule has 0 saturated carbocycles. The maximum Gasteiger partial charge on any atom is 0.256 e. The second kappa shape index (κ2) is 4.58. The van der Waals surface area contributed by atoms with Crippen LogP contribution in [0.4, 0.5) is 5.82 Å². The Kier molecular flexibility index (Phi) is 3.30. The summed E-state index contributed by atoms with van der Waals surface area (Å²) in [5, 5.41) is 0. The Morgan fingerprint density at radius 1 is 1.41 bits per heavy atom. The minimum absolute atomic E-state index is 0.209. The standard InChI is InChI=1S/C10H8Br2N4O/c1-4-8(13)15-9(16-10(4)17)7-6(12)2-5(11)3-14-7/h2-3H,1H3,(H3,13,15,16,17). The Hall–Kier alpha value is -1.21. The van der Waals surface area contributed by atoms with Crippen LogP contribution in [0.1, 0.15) is 5.56 Å². The third-order valence-corrected chi connectivity index (χ3v) is 3.26. The number of rotatable bonds is 1. The highest BCUT2D eigenvalue weighted by Crippen LogP contribution is 2.26. The van der Waals surface area contributed by atoms with Crippen molar-refractivity contribution >= 4 is 37.7 Å². The number of aromatic nitrogens is 3. The zero-order valence-electron chi connectivity index (χ0n) is 8.79. The third-order valence-electron chi connectivity index (χ3n) is 2.22. The summed E-state index contributed by atoms with van der Waals surface area (Å²) in [5.74, 6) is 0.554. The van der Waals surface area contributed by atoms with Gasteiger partial charge >= 0.3 is 0 Å². The average molecular weight is 360 g/mol. The fraction of sp³-hybridized carbons (Fsp3) is 0.100. The fourth-order valence-electron chi connectivity index (χ4n) is 1.25. The van der Waals surface area contributed by atoms with Gasteiger partial charge in [-0.1, -0.05) is 0 Å². The van der Waals surface area contributed by atoms with Gasteiger partial charge in [0.25, 0.3) is 5.56 Å². The molecule has 0 radical (unpaired) electrons. The van der Waals surface area contributed by atoms with E-state index in [2.05, 4.69) is 46.8 Å². The van der Waals surface area contributed by atoms with E-state index < -0.39 is 0 Å². The lowest BCUT2D eigenvalue weighted by atomic mass is 10.3. The van der Waals surface area contributed by atoms with Gasteiger partial charge in [-0.15, -0.1) is 0 Å². The van der Waals surface area contributed by atoms with Crippen molar-refractivity contribution in [3.05, 3.63) is 37.1 Å². The number of nitrogens with zero attached hydrogens (tertiary/aromatic N) is 2. The predicted molar refractivity (Wildman–Crippen MR) is 72.6 cm³/mol. The molecule has 2 heterocycles. The van der Waals surface area contributed by atoms with Crippen molar-refractivity contribution < 1.29 is 0 Å². The maximum absolute atomic E-state index is 11.6. The topological polar surface area (TPSA) is 84.7 Å². The Morgan fingerprint density at radius 3 is 2.71 bits per heavy atom. The molecule has 0 atom stereocenters. The molecule has 0 aliphatic heterocycles. The molecule has 0 aromatic carbocycles. The van der Waals surface area contributed by atoms with Gasteiger partial charge < -0.3 is 10.7 Å². The molecule has 2 aromatic rings. The first-order valence-electron chi connectivity index (χ1n) is 4.67. The number of anilines is 1. The second-order valence-corrected chi connectivity index (χ2v) is 5.18. The Bertz CT molecular complexity index is 639. The molecular formula is C10H8Br2N4O. The molecule has 0 unspecified atom stereocenters. The molecule has 17 heavy (non-hydrogen) atoms. The van der Waals surface area contributed by atoms with Crippen molar-refractivity contribution in [2.75, 3.05) is 5.73 Å². The molecule has 2 rings (SSSR count). The number of pyridine rings is 1. The van der Waals surface area contributed by atoms with Gasteiger partial charge in [-0.3, -0.25) is 9.78 Å². The molecule has 0 aliphatic rings. The fourth-order valence-corrected chi connectivity index (χ4v) is 2.43. The summed E-state index contributed by atoms with van der Waals surface area (Å²) >= 11 is 6.66. The SMILES string of the molecule is Cc1c(N)nc(-c2ncc(Br)cc2Br)[nH]c1=O. The van der Waals surface area contributed by atoms with Crippen molar-refractivity contribution in [2.45, 2.75) is 6.92 Å². The van der Waals surface area contributed by atoms with E-state index in [1.807, 2.05) is 6.07 Å². The van der Waals surface area contributed by atoms with Crippen LogP contribution in [0.2, 0.25) is 0 Å². The van der Waals surface area contributed by atoms with E-state index in [9.17, 15) is 4.79 Å². The lowest BCUT2D eigenvalue weighted by Gasteiger charge is -2.05. The zero-order chi connectivity index (χ0) is 12.6. The van der Waals surface area contributed by atoms with Crippen molar-refractivity contribution in [2.24, 2.45) is 0 Å². The lowest BCUT2D eigenvalue weighted by molar-refractivity contribution is 1.07. The van der Waals surface area contributed by atoms with Crippen molar-refractivity contribution in [1.29, 1.82) is 0 Å². The van der Waals surface area contributed by atoms with E-state index in [1.165, 1.54) is 0 Å². The van der Waals surface area contributed by atoms with Crippen LogP contribution in [0.15, 0.2) is 26.0 Å². The Labute approximate surface area is 114 Å². The molecule has 7 heteroatoms. The third kappa shape index (κ3) is 2.39. The Balaban J connectivity index is 2.65. The monoisotopic (exact) mass is 358 g/mol. The molecule has 0 aliphatic carbocycles. The molecule has 0 spiro atoms. The molecule has 3 N–H and O–H groups in total. The second-order valence-electron chi connectivity index (χ2n) is 3.41. The summed E-state index contributed by atoms with van der Waals surface area (Å²) in [6.07, 6.45) is 1.62. The van der Waals surface area contributed by atoms with Gasteiger partial charge in [-0.2, -0.15) is 0 Å². The van der Waals surface area contributed by atoms with Crippen molar-refractivity contribution in [1.82, 2.24) is 15.0 Å². The number of hydrogen-bond acceptors (Lipinski definition) is 4. The van der Waals surface area contributed by atoms with Crippen LogP contribution in [-0.2, 0) is 0 Å². The summed E-state index contributed by atoms with van der Waals surface area (Å²) < 4.78 is 1.55. The van der Waals surface area contributed by atoms with E-state index in [1.54, 1.807) is 13.1 Å². The average Bonchev–Trinajstić information content (AvgIpc) is 2.25. The highest BCUT2D eigenvalue weighted by molar-refractivity contribution is 9.11. The van der Waals surface area contributed by atoms with Crippen LogP contribution in [0, 0.1) is 6.92 Å². The summed E-state index contributed by atoms with van der Waals surface area (Å²) in [5.41, 5.74) is 6.34. The minimum atomic E-state index is -0.260. The number of nitrogens with one attached hydrogen (secondary N) is 1. The van der Waals surface area contributed by atoms with Crippen LogP contribution in [0.5, 0.6) is 0 Å². The van der Waals surface area contributed by atoms with E-state index in [0.29, 0.717) is 17.1 Å². The van der Waals surface area contributed by atoms with Gasteiger partial charge in [0.2, 0.25) is 0 Å². The normalized spacial score (nSPS) is 10.5. The van der Waals surface area contributed by atoms with Crippen LogP contribution in [0.25, 0.3) is 11.5 Å². The van der Waals surface area contributed by atoms with Crippen LogP contribution >= 0.6 is 31.9 Å². The molecule has 2 aromatic heterocycles. The van der Waals surface area contributed by atoms with Crippen molar-refractivity contribution in [3.8, 4) is 11.5 Å². The van der Waals surface area contributed by atoms with Gasteiger partial charge in [0.15, 0.2) is 5.82 Å². The first-order chi connectivity index (χ1) is 7.99. The number of nitrogen functional groups attached to an aromatic ring is 1. The molecule has 0 saturated heterocycles. The largest absolute Gasteiger partial charge is 0.383 e. The van der Waals surface area contributed by atoms with Gasteiger partial charge in [-0.25, -0.2) is 4.98 Å². The summed E-state index contributed by atoms with van der Waals surface area (Å²) in [6, 6.07) is 1.82. The lowest BCUT2D eigenvalue weighted by Crippen LogP contribution is -2.15. The molecule has 5 nitrogen and oxygen atoms in total. The first-order valence-corrected chi connectivity index (χ1v) is 6.25. The van der Waals surface area contributed by atoms with Crippen LogP contribution in [-0.4, -0.2) is 15.0 Å². The summed E-state index contributed by atoms with van der Waals surface area (Å²) in [6.45, 7) is 1.62. The zero-order valence-corrected chi connectivity index (χ0v) is 12.0. The Morgan fingerprint density at radius 2 is 2.12 bits per heavy atom. The number of nitrogens with two attached hydrogens (primary N) is 1. The number of H-pyrrole nitrogens is 1. The van der Waals surface area contributed by atoms with Gasteiger partial charge in [0, 0.05) is 15.1 Å². The van der Waals surface area contributed by atoms with Gasteiger partial charge in [0.05, 0.1) is 5.56 Å².